The highest BCUT2D eigenvalue weighted by molar-refractivity contribution is 6.25. The summed E-state index contributed by atoms with van der Waals surface area (Å²) in [7, 11) is 3.83. The maximum Gasteiger partial charge on any atom is 0.290 e. The van der Waals surface area contributed by atoms with Crippen LogP contribution in [0.1, 0.15) is 35.2 Å². The molecule has 32 heavy (non-hydrogen) atoms. The lowest BCUT2D eigenvalue weighted by Gasteiger charge is -2.35. The molecule has 168 valence electrons. The Hall–Kier alpha value is -3.39. The van der Waals surface area contributed by atoms with Crippen molar-refractivity contribution in [1.82, 2.24) is 9.80 Å². The summed E-state index contributed by atoms with van der Waals surface area (Å²) in [6.07, 6.45) is 0.566. The van der Waals surface area contributed by atoms with Gasteiger partial charge in [-0.1, -0.05) is 18.2 Å². The summed E-state index contributed by atoms with van der Waals surface area (Å²) in [5.41, 5.74) is -0.824. The molecular formula is C24H27N3O5. The number of nitrogens with zero attached hydrogens (tertiary/aromatic N) is 3. The van der Waals surface area contributed by atoms with E-state index in [1.807, 2.05) is 32.0 Å². The number of likely N-dealkylation sites (N-methyl/N-ethyl adjacent to an activating group) is 1. The van der Waals surface area contributed by atoms with Crippen LogP contribution >= 0.6 is 0 Å². The largest absolute Gasteiger partial charge is 0.503 e. The number of carbonyl (C=O) groups is 3. The van der Waals surface area contributed by atoms with Gasteiger partial charge in [0.05, 0.1) is 11.3 Å². The van der Waals surface area contributed by atoms with Crippen molar-refractivity contribution >= 4 is 23.3 Å². The van der Waals surface area contributed by atoms with E-state index in [9.17, 15) is 19.5 Å². The van der Waals surface area contributed by atoms with E-state index >= 15 is 0 Å². The third kappa shape index (κ3) is 2.97. The molecule has 0 aliphatic carbocycles. The average Bonchev–Trinajstić information content (AvgIpc) is 3.37. The van der Waals surface area contributed by atoms with Crippen LogP contribution < -0.4 is 4.90 Å². The van der Waals surface area contributed by atoms with Gasteiger partial charge in [0.2, 0.25) is 5.78 Å². The summed E-state index contributed by atoms with van der Waals surface area (Å²) in [5.74, 6) is -2.02. The Labute approximate surface area is 186 Å². The van der Waals surface area contributed by atoms with Crippen LogP contribution in [-0.4, -0.2) is 66.2 Å². The number of fused-ring (bicyclic) bond motifs is 2. The number of hydrogen-bond acceptors (Lipinski definition) is 6. The SMILES string of the molecule is CCN1C(=O)[C@]2(C(C(=O)c3ccc(C)o3)=C(O)C(=O)N2CCCN(C)C)c2ccccc21. The van der Waals surface area contributed by atoms with E-state index < -0.39 is 28.9 Å². The molecule has 2 aromatic rings. The lowest BCUT2D eigenvalue weighted by atomic mass is 9.81. The van der Waals surface area contributed by atoms with Crippen molar-refractivity contribution in [3.05, 3.63) is 64.8 Å². The minimum Gasteiger partial charge on any atom is -0.503 e. The maximum absolute atomic E-state index is 14.0. The number of para-hydroxylation sites is 1. The van der Waals surface area contributed by atoms with Crippen molar-refractivity contribution in [3.8, 4) is 0 Å². The molecule has 0 radical (unpaired) electrons. The van der Waals surface area contributed by atoms with E-state index in [-0.39, 0.29) is 17.9 Å². The summed E-state index contributed by atoms with van der Waals surface area (Å²) in [5, 5.41) is 10.9. The van der Waals surface area contributed by atoms with Gasteiger partial charge in [-0.15, -0.1) is 0 Å². The first-order chi connectivity index (χ1) is 15.2. The van der Waals surface area contributed by atoms with Gasteiger partial charge in [-0.05, 0) is 59.1 Å². The molecule has 1 spiro atoms. The van der Waals surface area contributed by atoms with Crippen LogP contribution in [0.3, 0.4) is 0 Å². The van der Waals surface area contributed by atoms with Crippen molar-refractivity contribution in [2.24, 2.45) is 0 Å². The number of anilines is 1. The van der Waals surface area contributed by atoms with Crippen LogP contribution in [0.2, 0.25) is 0 Å². The maximum atomic E-state index is 14.0. The van der Waals surface area contributed by atoms with Gasteiger partial charge in [0.1, 0.15) is 5.76 Å². The molecule has 0 fully saturated rings. The molecule has 2 amide bonds. The van der Waals surface area contributed by atoms with Gasteiger partial charge in [0.15, 0.2) is 17.1 Å². The van der Waals surface area contributed by atoms with Crippen LogP contribution in [0, 0.1) is 6.92 Å². The smallest absolute Gasteiger partial charge is 0.290 e. The second-order valence-electron chi connectivity index (χ2n) is 8.35. The summed E-state index contributed by atoms with van der Waals surface area (Å²) in [4.78, 5) is 45.7. The molecule has 4 rings (SSSR count). The number of aliphatic hydroxyl groups excluding tert-OH is 1. The number of hydrogen-bond donors (Lipinski definition) is 1. The molecule has 1 aromatic heterocycles. The van der Waals surface area contributed by atoms with Crippen molar-refractivity contribution in [3.63, 3.8) is 0 Å². The summed E-state index contributed by atoms with van der Waals surface area (Å²) < 4.78 is 5.51. The zero-order valence-electron chi connectivity index (χ0n) is 18.7. The molecule has 3 heterocycles. The number of carbonyl (C=O) groups excluding carboxylic acids is 3. The van der Waals surface area contributed by atoms with E-state index in [1.165, 1.54) is 11.0 Å². The Morgan fingerprint density at radius 2 is 1.88 bits per heavy atom. The second kappa shape index (κ2) is 7.94. The third-order valence-electron chi connectivity index (χ3n) is 6.08. The Morgan fingerprint density at radius 3 is 2.50 bits per heavy atom. The van der Waals surface area contributed by atoms with Gasteiger partial charge in [-0.25, -0.2) is 0 Å². The zero-order valence-corrected chi connectivity index (χ0v) is 18.7. The fourth-order valence-corrected chi connectivity index (χ4v) is 4.71. The molecule has 2 aliphatic rings. The van der Waals surface area contributed by atoms with Crippen LogP contribution in [0.5, 0.6) is 0 Å². The Morgan fingerprint density at radius 1 is 1.16 bits per heavy atom. The molecule has 1 N–H and O–H groups in total. The van der Waals surface area contributed by atoms with Gasteiger partial charge in [0.25, 0.3) is 11.8 Å². The molecule has 1 atom stereocenters. The van der Waals surface area contributed by atoms with E-state index in [4.69, 9.17) is 4.42 Å². The fraction of sp³-hybridized carbons (Fsp3) is 0.375. The number of ketones is 1. The Balaban J connectivity index is 1.93. The Kier molecular flexibility index (Phi) is 5.42. The van der Waals surface area contributed by atoms with Crippen LogP contribution in [-0.2, 0) is 15.1 Å². The van der Waals surface area contributed by atoms with Crippen molar-refractivity contribution in [1.29, 1.82) is 0 Å². The molecule has 0 saturated carbocycles. The highest BCUT2D eigenvalue weighted by Crippen LogP contribution is 2.53. The highest BCUT2D eigenvalue weighted by atomic mass is 16.3. The quantitative estimate of drug-likeness (QED) is 0.670. The van der Waals surface area contributed by atoms with E-state index in [1.54, 1.807) is 36.1 Å². The predicted molar refractivity (Wildman–Crippen MR) is 118 cm³/mol. The van der Waals surface area contributed by atoms with Crippen LogP contribution in [0.15, 0.2) is 52.1 Å². The van der Waals surface area contributed by atoms with Gasteiger partial charge >= 0.3 is 0 Å². The molecule has 8 heteroatoms. The topological polar surface area (TPSA) is 94.3 Å². The standard InChI is InChI=1S/C24H27N3O5/c1-5-26-17-10-7-6-9-16(17)24(23(26)31)19(20(28)18-12-11-15(2)32-18)21(29)22(30)27(24)14-8-13-25(3)4/h6-7,9-12,29H,5,8,13-14H2,1-4H3/t24-/m1/s1. The lowest BCUT2D eigenvalue weighted by Crippen LogP contribution is -2.54. The number of benzene rings is 1. The first-order valence-electron chi connectivity index (χ1n) is 10.7. The average molecular weight is 437 g/mol. The molecule has 2 aliphatic heterocycles. The molecule has 1 aromatic carbocycles. The van der Waals surface area contributed by atoms with Gasteiger partial charge in [-0.2, -0.15) is 0 Å². The molecular weight excluding hydrogens is 410 g/mol. The monoisotopic (exact) mass is 437 g/mol. The van der Waals surface area contributed by atoms with E-state index in [2.05, 4.69) is 0 Å². The summed E-state index contributed by atoms with van der Waals surface area (Å²) >= 11 is 0. The lowest BCUT2D eigenvalue weighted by molar-refractivity contribution is -0.139. The third-order valence-corrected chi connectivity index (χ3v) is 6.08. The molecule has 8 nitrogen and oxygen atoms in total. The highest BCUT2D eigenvalue weighted by Gasteiger charge is 2.65. The zero-order chi connectivity index (χ0) is 23.2. The minimum absolute atomic E-state index is 0.0217. The summed E-state index contributed by atoms with van der Waals surface area (Å²) in [6.45, 7) is 4.77. The van der Waals surface area contributed by atoms with E-state index in [0.29, 0.717) is 36.5 Å². The first kappa shape index (κ1) is 21.8. The Bertz CT molecular complexity index is 1130. The fourth-order valence-electron chi connectivity index (χ4n) is 4.71. The van der Waals surface area contributed by atoms with Crippen molar-refractivity contribution in [2.45, 2.75) is 25.8 Å². The first-order valence-corrected chi connectivity index (χ1v) is 10.7. The van der Waals surface area contributed by atoms with Gasteiger partial charge in [0, 0.05) is 18.7 Å². The van der Waals surface area contributed by atoms with Crippen LogP contribution in [0.4, 0.5) is 5.69 Å². The molecule has 0 saturated heterocycles. The van der Waals surface area contributed by atoms with Gasteiger partial charge in [-0.3, -0.25) is 14.4 Å². The number of aliphatic hydroxyl groups is 1. The number of amides is 2. The molecule has 0 bridgehead atoms. The number of Topliss-reactive ketones (excluding diaryl/α,β-unsaturated/α-hetero) is 1. The number of rotatable bonds is 7. The minimum atomic E-state index is -1.72. The summed E-state index contributed by atoms with van der Waals surface area (Å²) in [6, 6.07) is 10.2. The number of furan rings is 1. The normalized spacial score (nSPS) is 20.3. The van der Waals surface area contributed by atoms with Crippen molar-refractivity contribution in [2.75, 3.05) is 38.6 Å². The van der Waals surface area contributed by atoms with Crippen molar-refractivity contribution < 1.29 is 23.9 Å². The number of aryl methyl sites for hydroxylation is 1. The van der Waals surface area contributed by atoms with E-state index in [0.717, 1.165) is 0 Å². The molecule has 0 unspecified atom stereocenters. The predicted octanol–water partition coefficient (Wildman–Crippen LogP) is 2.64. The van der Waals surface area contributed by atoms with Gasteiger partial charge < -0.3 is 24.2 Å². The van der Waals surface area contributed by atoms with Crippen LogP contribution in [0.25, 0.3) is 0 Å². The second-order valence-corrected chi connectivity index (χ2v) is 8.35.